The minimum Gasteiger partial charge on any atom is -0.385 e. The number of benzene rings is 1. The van der Waals surface area contributed by atoms with Crippen molar-refractivity contribution in [2.45, 2.75) is 26.2 Å². The van der Waals surface area contributed by atoms with Gasteiger partial charge in [-0.05, 0) is 49.4 Å². The third kappa shape index (κ3) is 5.66. The average molecular weight is 383 g/mol. The van der Waals surface area contributed by atoms with Crippen LogP contribution in [0.25, 0.3) is 0 Å². The third-order valence-corrected chi connectivity index (χ3v) is 4.99. The van der Waals surface area contributed by atoms with E-state index in [1.807, 2.05) is 12.1 Å². The zero-order valence-electron chi connectivity index (χ0n) is 16.6. The smallest absolute Gasteiger partial charge is 0.275 e. The number of nitrogens with zero attached hydrogens (tertiary/aromatic N) is 3. The quantitative estimate of drug-likeness (QED) is 0.680. The SMILES string of the molecule is COCCCNc1cnc(C(=O)Nc2ccc(N3CCC(C)CC3)cc2)cn1. The molecule has 1 aromatic carbocycles. The molecule has 2 N–H and O–H groups in total. The second-order valence-corrected chi connectivity index (χ2v) is 7.23. The predicted molar refractivity (Wildman–Crippen MR) is 112 cm³/mol. The Balaban J connectivity index is 1.51. The van der Waals surface area contributed by atoms with Crippen molar-refractivity contribution >= 4 is 23.1 Å². The Morgan fingerprint density at radius 2 is 1.93 bits per heavy atom. The Kier molecular flexibility index (Phi) is 7.19. The fourth-order valence-electron chi connectivity index (χ4n) is 3.19. The van der Waals surface area contributed by atoms with E-state index >= 15 is 0 Å². The summed E-state index contributed by atoms with van der Waals surface area (Å²) in [6, 6.07) is 7.99. The summed E-state index contributed by atoms with van der Waals surface area (Å²) in [5, 5.41) is 6.02. The first kappa shape index (κ1) is 20.1. The van der Waals surface area contributed by atoms with Gasteiger partial charge in [0.1, 0.15) is 11.5 Å². The van der Waals surface area contributed by atoms with Crippen LogP contribution in [0, 0.1) is 5.92 Å². The Bertz CT molecular complexity index is 740. The number of carbonyl (C=O) groups excluding carboxylic acids is 1. The number of anilines is 3. The van der Waals surface area contributed by atoms with Gasteiger partial charge in [-0.15, -0.1) is 0 Å². The first-order valence-electron chi connectivity index (χ1n) is 9.87. The van der Waals surface area contributed by atoms with Gasteiger partial charge in [-0.1, -0.05) is 6.92 Å². The number of rotatable bonds is 8. The van der Waals surface area contributed by atoms with Crippen molar-refractivity contribution in [1.82, 2.24) is 9.97 Å². The number of nitrogens with one attached hydrogen (secondary N) is 2. The highest BCUT2D eigenvalue weighted by Crippen LogP contribution is 2.24. The van der Waals surface area contributed by atoms with Gasteiger partial charge >= 0.3 is 0 Å². The molecular weight excluding hydrogens is 354 g/mol. The lowest BCUT2D eigenvalue weighted by Gasteiger charge is -2.32. The summed E-state index contributed by atoms with van der Waals surface area (Å²) in [6.07, 6.45) is 6.40. The van der Waals surface area contributed by atoms with Crippen LogP contribution in [0.1, 0.15) is 36.7 Å². The summed E-state index contributed by atoms with van der Waals surface area (Å²) < 4.78 is 5.00. The van der Waals surface area contributed by atoms with Crippen molar-refractivity contribution in [2.75, 3.05) is 48.9 Å². The highest BCUT2D eigenvalue weighted by Gasteiger charge is 2.16. The van der Waals surface area contributed by atoms with Gasteiger partial charge in [-0.2, -0.15) is 0 Å². The Morgan fingerprint density at radius 1 is 1.18 bits per heavy atom. The number of hydrogen-bond acceptors (Lipinski definition) is 6. The molecule has 0 saturated carbocycles. The zero-order chi connectivity index (χ0) is 19.8. The van der Waals surface area contributed by atoms with Crippen LogP contribution in [0.2, 0.25) is 0 Å². The van der Waals surface area contributed by atoms with Gasteiger partial charge in [-0.25, -0.2) is 9.97 Å². The molecule has 0 spiro atoms. The fourth-order valence-corrected chi connectivity index (χ4v) is 3.19. The molecule has 2 heterocycles. The van der Waals surface area contributed by atoms with Crippen molar-refractivity contribution in [2.24, 2.45) is 5.92 Å². The molecule has 1 aromatic heterocycles. The Morgan fingerprint density at radius 3 is 2.57 bits per heavy atom. The standard InChI is InChI=1S/C21H29N5O2/c1-16-8-11-26(12-9-16)18-6-4-17(5-7-18)25-21(27)19-14-24-20(15-23-19)22-10-3-13-28-2/h4-7,14-16H,3,8-13H2,1-2H3,(H,22,24)(H,25,27). The number of amides is 1. The summed E-state index contributed by atoms with van der Waals surface area (Å²) in [5.41, 5.74) is 2.24. The van der Waals surface area contributed by atoms with Crippen molar-refractivity contribution < 1.29 is 9.53 Å². The van der Waals surface area contributed by atoms with E-state index in [9.17, 15) is 4.79 Å². The van der Waals surface area contributed by atoms with Gasteiger partial charge in [0.2, 0.25) is 0 Å². The van der Waals surface area contributed by atoms with Crippen molar-refractivity contribution in [3.63, 3.8) is 0 Å². The molecule has 7 heteroatoms. The molecule has 150 valence electrons. The first-order chi connectivity index (χ1) is 13.7. The van der Waals surface area contributed by atoms with Crippen molar-refractivity contribution in [3.8, 4) is 0 Å². The van der Waals surface area contributed by atoms with Crippen LogP contribution in [0.4, 0.5) is 17.2 Å². The summed E-state index contributed by atoms with van der Waals surface area (Å²) >= 11 is 0. The van der Waals surface area contributed by atoms with Gasteiger partial charge in [0, 0.05) is 44.7 Å². The molecule has 0 atom stereocenters. The number of hydrogen-bond donors (Lipinski definition) is 2. The molecule has 3 rings (SSSR count). The summed E-state index contributed by atoms with van der Waals surface area (Å²) in [5.74, 6) is 1.19. The lowest BCUT2D eigenvalue weighted by atomic mass is 9.99. The summed E-state index contributed by atoms with van der Waals surface area (Å²) in [4.78, 5) is 23.2. The summed E-state index contributed by atoms with van der Waals surface area (Å²) in [7, 11) is 1.68. The van der Waals surface area contributed by atoms with Crippen LogP contribution >= 0.6 is 0 Å². The van der Waals surface area contributed by atoms with Crippen molar-refractivity contribution in [3.05, 3.63) is 42.4 Å². The second kappa shape index (κ2) is 10.0. The average Bonchev–Trinajstić information content (AvgIpc) is 2.73. The minimum absolute atomic E-state index is 0.266. The van der Waals surface area contributed by atoms with Crippen LogP contribution in [0.5, 0.6) is 0 Å². The van der Waals surface area contributed by atoms with Gasteiger partial charge in [0.05, 0.1) is 12.4 Å². The highest BCUT2D eigenvalue weighted by molar-refractivity contribution is 6.02. The van der Waals surface area contributed by atoms with Crippen LogP contribution in [-0.2, 0) is 4.74 Å². The van der Waals surface area contributed by atoms with Gasteiger partial charge in [0.15, 0.2) is 0 Å². The maximum absolute atomic E-state index is 12.4. The van der Waals surface area contributed by atoms with Gasteiger partial charge < -0.3 is 20.3 Å². The summed E-state index contributed by atoms with van der Waals surface area (Å²) in [6.45, 7) is 5.93. The first-order valence-corrected chi connectivity index (χ1v) is 9.87. The molecule has 28 heavy (non-hydrogen) atoms. The molecular formula is C21H29N5O2. The second-order valence-electron chi connectivity index (χ2n) is 7.23. The minimum atomic E-state index is -0.266. The molecule has 0 bridgehead atoms. The van der Waals surface area contributed by atoms with E-state index in [4.69, 9.17) is 4.74 Å². The number of piperidine rings is 1. The maximum Gasteiger partial charge on any atom is 0.275 e. The molecule has 1 fully saturated rings. The Labute approximate surface area is 166 Å². The van der Waals surface area contributed by atoms with Crippen LogP contribution in [0.3, 0.4) is 0 Å². The molecule has 0 aliphatic carbocycles. The van der Waals surface area contributed by atoms with E-state index in [0.717, 1.165) is 37.7 Å². The monoisotopic (exact) mass is 383 g/mol. The third-order valence-electron chi connectivity index (χ3n) is 4.99. The van der Waals surface area contributed by atoms with E-state index in [0.29, 0.717) is 12.4 Å². The van der Waals surface area contributed by atoms with E-state index in [1.165, 1.54) is 24.7 Å². The lowest BCUT2D eigenvalue weighted by Crippen LogP contribution is -2.32. The normalized spacial score (nSPS) is 14.7. The largest absolute Gasteiger partial charge is 0.385 e. The number of ether oxygens (including phenoxy) is 1. The molecule has 0 radical (unpaired) electrons. The van der Waals surface area contributed by atoms with Gasteiger partial charge in [-0.3, -0.25) is 4.79 Å². The van der Waals surface area contributed by atoms with Crippen LogP contribution in [0.15, 0.2) is 36.7 Å². The highest BCUT2D eigenvalue weighted by atomic mass is 16.5. The Hall–Kier alpha value is -2.67. The molecule has 1 aliphatic heterocycles. The number of methoxy groups -OCH3 is 1. The van der Waals surface area contributed by atoms with Gasteiger partial charge in [0.25, 0.3) is 5.91 Å². The van der Waals surface area contributed by atoms with E-state index in [-0.39, 0.29) is 11.6 Å². The zero-order valence-corrected chi connectivity index (χ0v) is 16.6. The molecule has 2 aromatic rings. The molecule has 7 nitrogen and oxygen atoms in total. The van der Waals surface area contributed by atoms with Crippen LogP contribution < -0.4 is 15.5 Å². The fraction of sp³-hybridized carbons (Fsp3) is 0.476. The van der Waals surface area contributed by atoms with Crippen LogP contribution in [-0.4, -0.2) is 49.2 Å². The number of aromatic nitrogens is 2. The topological polar surface area (TPSA) is 79.4 Å². The number of carbonyl (C=O) groups is 1. The predicted octanol–water partition coefficient (Wildman–Crippen LogP) is 3.41. The van der Waals surface area contributed by atoms with E-state index < -0.39 is 0 Å². The van der Waals surface area contributed by atoms with E-state index in [2.05, 4.69) is 44.6 Å². The van der Waals surface area contributed by atoms with E-state index in [1.54, 1.807) is 13.3 Å². The molecule has 1 amide bonds. The molecule has 1 aliphatic rings. The lowest BCUT2D eigenvalue weighted by molar-refractivity contribution is 0.102. The van der Waals surface area contributed by atoms with Crippen molar-refractivity contribution in [1.29, 1.82) is 0 Å². The molecule has 0 unspecified atom stereocenters. The molecule has 1 saturated heterocycles. The maximum atomic E-state index is 12.4.